The summed E-state index contributed by atoms with van der Waals surface area (Å²) in [7, 11) is 5.47. The zero-order chi connectivity index (χ0) is 14.9. The van der Waals surface area contributed by atoms with Gasteiger partial charge in [-0.15, -0.1) is 0 Å². The summed E-state index contributed by atoms with van der Waals surface area (Å²) in [5.41, 5.74) is 2.48. The summed E-state index contributed by atoms with van der Waals surface area (Å²) in [6.45, 7) is 4.55. The third kappa shape index (κ3) is 2.68. The van der Waals surface area contributed by atoms with Crippen molar-refractivity contribution in [3.8, 4) is 11.5 Å². The number of hydrogen-bond acceptors (Lipinski definition) is 4. The van der Waals surface area contributed by atoms with Gasteiger partial charge in [-0.05, 0) is 35.0 Å². The minimum Gasteiger partial charge on any atom is -0.496 e. The van der Waals surface area contributed by atoms with Gasteiger partial charge in [0, 0.05) is 28.2 Å². The van der Waals surface area contributed by atoms with Crippen molar-refractivity contribution >= 4 is 27.7 Å². The van der Waals surface area contributed by atoms with Crippen molar-refractivity contribution in [2.24, 2.45) is 5.92 Å². The number of methoxy groups -OCH3 is 2. The third-order valence-electron chi connectivity index (χ3n) is 3.79. The first-order valence-electron chi connectivity index (χ1n) is 6.77. The molecule has 0 radical (unpaired) electrons. The van der Waals surface area contributed by atoms with Crippen molar-refractivity contribution < 1.29 is 9.47 Å². The Morgan fingerprint density at radius 2 is 2.05 bits per heavy atom. The molecule has 2 unspecified atom stereocenters. The lowest BCUT2D eigenvalue weighted by atomic mass is 9.91. The molecule has 3 nitrogen and oxygen atoms in total. The molecule has 0 bridgehead atoms. The first-order valence-corrected chi connectivity index (χ1v) is 8.61. The summed E-state index contributed by atoms with van der Waals surface area (Å²) < 4.78 is 12.2. The van der Waals surface area contributed by atoms with Crippen LogP contribution in [0.15, 0.2) is 10.5 Å². The first-order chi connectivity index (χ1) is 9.54. The monoisotopic (exact) mass is 359 g/mol. The molecular weight excluding hydrogens is 338 g/mol. The van der Waals surface area contributed by atoms with Gasteiger partial charge in [0.1, 0.15) is 11.5 Å². The van der Waals surface area contributed by atoms with Crippen molar-refractivity contribution in [2.75, 3.05) is 21.3 Å². The lowest BCUT2D eigenvalue weighted by Gasteiger charge is -2.37. The van der Waals surface area contributed by atoms with Gasteiger partial charge in [0.15, 0.2) is 0 Å². The van der Waals surface area contributed by atoms with E-state index in [0.717, 1.165) is 21.7 Å². The van der Waals surface area contributed by atoms with E-state index in [1.54, 1.807) is 14.2 Å². The van der Waals surface area contributed by atoms with E-state index in [1.165, 1.54) is 11.1 Å². The molecule has 0 fully saturated rings. The second-order valence-electron chi connectivity index (χ2n) is 5.27. The van der Waals surface area contributed by atoms with Crippen LogP contribution in [0.1, 0.15) is 31.0 Å². The van der Waals surface area contributed by atoms with Gasteiger partial charge >= 0.3 is 0 Å². The van der Waals surface area contributed by atoms with Gasteiger partial charge in [0.25, 0.3) is 0 Å². The van der Waals surface area contributed by atoms with Crippen LogP contribution in [0, 0.1) is 5.92 Å². The van der Waals surface area contributed by atoms with Gasteiger partial charge in [-0.2, -0.15) is 11.8 Å². The fraction of sp³-hybridized carbons (Fsp3) is 0.600. The fourth-order valence-electron chi connectivity index (χ4n) is 2.86. The van der Waals surface area contributed by atoms with Crippen LogP contribution in [0.25, 0.3) is 0 Å². The molecule has 20 heavy (non-hydrogen) atoms. The molecule has 5 heteroatoms. The molecule has 112 valence electrons. The van der Waals surface area contributed by atoms with Crippen molar-refractivity contribution in [2.45, 2.75) is 30.9 Å². The molecule has 1 aromatic rings. The quantitative estimate of drug-likeness (QED) is 0.879. The van der Waals surface area contributed by atoms with Crippen molar-refractivity contribution in [1.29, 1.82) is 0 Å². The Hall–Kier alpha value is -0.390. The van der Waals surface area contributed by atoms with Crippen molar-refractivity contribution in [3.63, 3.8) is 0 Å². The number of halogens is 1. The van der Waals surface area contributed by atoms with Crippen LogP contribution < -0.4 is 14.8 Å². The smallest absolute Gasteiger partial charge is 0.138 e. The Balaban J connectivity index is 2.63. The van der Waals surface area contributed by atoms with Crippen LogP contribution >= 0.6 is 27.7 Å². The maximum atomic E-state index is 5.65. The van der Waals surface area contributed by atoms with Crippen LogP contribution in [0.5, 0.6) is 11.5 Å². The lowest BCUT2D eigenvalue weighted by molar-refractivity contribution is 0.376. The highest BCUT2D eigenvalue weighted by Crippen LogP contribution is 2.50. The van der Waals surface area contributed by atoms with E-state index in [1.807, 2.05) is 24.9 Å². The largest absolute Gasteiger partial charge is 0.496 e. The number of benzene rings is 1. The third-order valence-corrected chi connectivity index (χ3v) is 6.04. The fourth-order valence-corrected chi connectivity index (χ4v) is 4.95. The highest BCUT2D eigenvalue weighted by atomic mass is 79.9. The maximum Gasteiger partial charge on any atom is 0.138 e. The molecule has 0 saturated heterocycles. The SMILES string of the molecule is CNC1c2c(c(OC)cc(Br)c2OC)CSC1C(C)C. The second-order valence-corrected chi connectivity index (χ2v) is 7.29. The number of fused-ring (bicyclic) bond motifs is 1. The van der Waals surface area contributed by atoms with Crippen molar-refractivity contribution in [3.05, 3.63) is 21.7 Å². The Labute approximate surface area is 133 Å². The molecule has 0 saturated carbocycles. The molecule has 1 aliphatic rings. The number of nitrogens with one attached hydrogen (secondary N) is 1. The summed E-state index contributed by atoms with van der Waals surface area (Å²) in [6.07, 6.45) is 0. The van der Waals surface area contributed by atoms with Gasteiger partial charge in [-0.25, -0.2) is 0 Å². The Bertz CT molecular complexity index is 493. The van der Waals surface area contributed by atoms with Crippen LogP contribution in [0.2, 0.25) is 0 Å². The van der Waals surface area contributed by atoms with E-state index in [2.05, 4.69) is 35.1 Å². The summed E-state index contributed by atoms with van der Waals surface area (Å²) in [6, 6.07) is 2.27. The molecule has 1 aliphatic heterocycles. The average Bonchev–Trinajstić information content (AvgIpc) is 2.44. The van der Waals surface area contributed by atoms with E-state index in [0.29, 0.717) is 11.2 Å². The molecule has 0 aliphatic carbocycles. The highest BCUT2D eigenvalue weighted by Gasteiger charge is 2.36. The molecule has 1 heterocycles. The molecule has 0 amide bonds. The maximum absolute atomic E-state index is 5.65. The average molecular weight is 360 g/mol. The lowest BCUT2D eigenvalue weighted by Crippen LogP contribution is -2.35. The zero-order valence-electron chi connectivity index (χ0n) is 12.6. The molecule has 2 atom stereocenters. The predicted octanol–water partition coefficient (Wildman–Crippen LogP) is 4.00. The summed E-state index contributed by atoms with van der Waals surface area (Å²) in [5.74, 6) is 3.41. The van der Waals surface area contributed by atoms with Gasteiger partial charge in [-0.3, -0.25) is 0 Å². The van der Waals surface area contributed by atoms with E-state index in [9.17, 15) is 0 Å². The van der Waals surface area contributed by atoms with Crippen LogP contribution in [0.4, 0.5) is 0 Å². The molecular formula is C15H22BrNO2S. The molecule has 2 rings (SSSR count). The van der Waals surface area contributed by atoms with Gasteiger partial charge in [-0.1, -0.05) is 13.8 Å². The molecule has 0 spiro atoms. The van der Waals surface area contributed by atoms with Crippen LogP contribution in [-0.4, -0.2) is 26.5 Å². The highest BCUT2D eigenvalue weighted by molar-refractivity contribution is 9.10. The predicted molar refractivity (Wildman–Crippen MR) is 89.0 cm³/mol. The minimum atomic E-state index is 0.269. The molecule has 1 N–H and O–H groups in total. The van der Waals surface area contributed by atoms with Crippen LogP contribution in [-0.2, 0) is 5.75 Å². The summed E-state index contributed by atoms with van der Waals surface area (Å²) >= 11 is 5.59. The molecule has 1 aromatic carbocycles. The van der Waals surface area contributed by atoms with E-state index in [4.69, 9.17) is 9.47 Å². The summed E-state index contributed by atoms with van der Waals surface area (Å²) in [5, 5.41) is 4.00. The van der Waals surface area contributed by atoms with E-state index < -0.39 is 0 Å². The molecule has 0 aromatic heterocycles. The second kappa shape index (κ2) is 6.58. The number of ether oxygens (including phenoxy) is 2. The topological polar surface area (TPSA) is 30.5 Å². The van der Waals surface area contributed by atoms with E-state index in [-0.39, 0.29) is 6.04 Å². The number of hydrogen-bond donors (Lipinski definition) is 1. The van der Waals surface area contributed by atoms with Gasteiger partial charge in [0.05, 0.1) is 18.7 Å². The Morgan fingerprint density at radius 3 is 2.55 bits per heavy atom. The Morgan fingerprint density at radius 1 is 1.35 bits per heavy atom. The normalized spacial score (nSPS) is 21.8. The Kier molecular flexibility index (Phi) is 5.26. The summed E-state index contributed by atoms with van der Waals surface area (Å²) in [4.78, 5) is 0. The number of rotatable bonds is 4. The number of thioether (sulfide) groups is 1. The minimum absolute atomic E-state index is 0.269. The van der Waals surface area contributed by atoms with E-state index >= 15 is 0 Å². The zero-order valence-corrected chi connectivity index (χ0v) is 15.0. The standard InChI is InChI=1S/C15H22BrNO2S/c1-8(2)15-13(17-3)12-9(7-20-15)11(18-4)6-10(16)14(12)19-5/h6,8,13,15,17H,7H2,1-5H3. The van der Waals surface area contributed by atoms with Gasteiger partial charge in [0.2, 0.25) is 0 Å². The van der Waals surface area contributed by atoms with Crippen LogP contribution in [0.3, 0.4) is 0 Å². The van der Waals surface area contributed by atoms with Gasteiger partial charge < -0.3 is 14.8 Å². The van der Waals surface area contributed by atoms with Crippen molar-refractivity contribution in [1.82, 2.24) is 5.32 Å². The first kappa shape index (κ1) is 16.0.